The summed E-state index contributed by atoms with van der Waals surface area (Å²) in [5.41, 5.74) is 2.62. The molecule has 0 saturated heterocycles. The van der Waals surface area contributed by atoms with Gasteiger partial charge < -0.3 is 4.79 Å². The standard InChI is InChI=1S/C12H15BrO/c1-3-10-8-11(13)4-5-12(10)9(2)6-7-14/h4-5,7-9H,3,6H2,1-2H3. The predicted octanol–water partition coefficient (Wildman–Crippen LogP) is 3.70. The van der Waals surface area contributed by atoms with Crippen LogP contribution in [0.1, 0.15) is 37.3 Å². The molecule has 0 fully saturated rings. The lowest BCUT2D eigenvalue weighted by molar-refractivity contribution is -0.108. The van der Waals surface area contributed by atoms with Crippen LogP contribution in [0.5, 0.6) is 0 Å². The minimum atomic E-state index is 0.329. The summed E-state index contributed by atoms with van der Waals surface area (Å²) in [5.74, 6) is 0.329. The Labute approximate surface area is 93.7 Å². The molecule has 1 aromatic rings. The lowest BCUT2D eigenvalue weighted by Gasteiger charge is -2.13. The minimum absolute atomic E-state index is 0.329. The van der Waals surface area contributed by atoms with Gasteiger partial charge in [0.05, 0.1) is 0 Å². The molecular weight excluding hydrogens is 240 g/mol. The van der Waals surface area contributed by atoms with E-state index in [1.165, 1.54) is 11.1 Å². The summed E-state index contributed by atoms with van der Waals surface area (Å²) < 4.78 is 1.11. The van der Waals surface area contributed by atoms with Gasteiger partial charge in [0.15, 0.2) is 0 Å². The second-order valence-corrected chi connectivity index (χ2v) is 4.42. The number of carbonyl (C=O) groups is 1. The van der Waals surface area contributed by atoms with Gasteiger partial charge in [-0.1, -0.05) is 35.8 Å². The van der Waals surface area contributed by atoms with E-state index in [9.17, 15) is 4.79 Å². The van der Waals surface area contributed by atoms with Gasteiger partial charge in [-0.3, -0.25) is 0 Å². The quantitative estimate of drug-likeness (QED) is 0.749. The zero-order valence-corrected chi connectivity index (χ0v) is 10.2. The summed E-state index contributed by atoms with van der Waals surface area (Å²) in [6, 6.07) is 6.28. The molecular formula is C12H15BrO. The Bertz CT molecular complexity index is 320. The number of carbonyl (C=O) groups excluding carboxylic acids is 1. The number of hydrogen-bond acceptors (Lipinski definition) is 1. The van der Waals surface area contributed by atoms with Gasteiger partial charge in [-0.05, 0) is 35.6 Å². The van der Waals surface area contributed by atoms with Crippen LogP contribution in [0.25, 0.3) is 0 Å². The van der Waals surface area contributed by atoms with E-state index >= 15 is 0 Å². The van der Waals surface area contributed by atoms with Crippen molar-refractivity contribution in [2.75, 3.05) is 0 Å². The molecule has 0 amide bonds. The van der Waals surface area contributed by atoms with Gasteiger partial charge >= 0.3 is 0 Å². The summed E-state index contributed by atoms with van der Waals surface area (Å²) >= 11 is 3.46. The van der Waals surface area contributed by atoms with Crippen LogP contribution in [0.3, 0.4) is 0 Å². The molecule has 0 aliphatic heterocycles. The molecule has 2 heteroatoms. The first-order chi connectivity index (χ1) is 6.69. The fourth-order valence-corrected chi connectivity index (χ4v) is 2.04. The van der Waals surface area contributed by atoms with E-state index in [1.54, 1.807) is 0 Å². The average Bonchev–Trinajstić information content (AvgIpc) is 2.17. The minimum Gasteiger partial charge on any atom is -0.303 e. The molecule has 0 aliphatic carbocycles. The molecule has 0 aliphatic rings. The lowest BCUT2D eigenvalue weighted by Crippen LogP contribution is -1.99. The third kappa shape index (κ3) is 2.68. The molecule has 1 aromatic carbocycles. The van der Waals surface area contributed by atoms with E-state index in [1.807, 2.05) is 6.07 Å². The first-order valence-electron chi connectivity index (χ1n) is 4.91. The van der Waals surface area contributed by atoms with Gasteiger partial charge in [0.2, 0.25) is 0 Å². The van der Waals surface area contributed by atoms with Crippen LogP contribution in [0.15, 0.2) is 22.7 Å². The normalized spacial score (nSPS) is 12.5. The van der Waals surface area contributed by atoms with Crippen molar-refractivity contribution in [2.45, 2.75) is 32.6 Å². The Morgan fingerprint density at radius 1 is 1.50 bits per heavy atom. The van der Waals surface area contributed by atoms with Gasteiger partial charge in [0, 0.05) is 10.9 Å². The highest BCUT2D eigenvalue weighted by atomic mass is 79.9. The Kier molecular flexibility index (Phi) is 4.33. The molecule has 0 spiro atoms. The predicted molar refractivity (Wildman–Crippen MR) is 62.6 cm³/mol. The summed E-state index contributed by atoms with van der Waals surface area (Å²) in [6.45, 7) is 4.23. The number of aryl methyl sites for hydroxylation is 1. The van der Waals surface area contributed by atoms with Crippen molar-refractivity contribution >= 4 is 22.2 Å². The molecule has 1 rings (SSSR count). The lowest BCUT2D eigenvalue weighted by atomic mass is 9.92. The Morgan fingerprint density at radius 2 is 2.21 bits per heavy atom. The molecule has 0 radical (unpaired) electrons. The van der Waals surface area contributed by atoms with Crippen LogP contribution < -0.4 is 0 Å². The highest BCUT2D eigenvalue weighted by Crippen LogP contribution is 2.25. The molecule has 0 N–H and O–H groups in total. The summed E-state index contributed by atoms with van der Waals surface area (Å²) in [7, 11) is 0. The van der Waals surface area contributed by atoms with Crippen molar-refractivity contribution in [3.63, 3.8) is 0 Å². The number of halogens is 1. The van der Waals surface area contributed by atoms with E-state index in [0.29, 0.717) is 12.3 Å². The maximum atomic E-state index is 10.4. The van der Waals surface area contributed by atoms with Gasteiger partial charge in [-0.2, -0.15) is 0 Å². The fourth-order valence-electron chi connectivity index (χ4n) is 1.63. The van der Waals surface area contributed by atoms with Crippen molar-refractivity contribution in [1.82, 2.24) is 0 Å². The van der Waals surface area contributed by atoms with Crippen molar-refractivity contribution in [3.05, 3.63) is 33.8 Å². The van der Waals surface area contributed by atoms with Gasteiger partial charge in [-0.25, -0.2) is 0 Å². The Hall–Kier alpha value is -0.630. The number of hydrogen-bond donors (Lipinski definition) is 0. The van der Waals surface area contributed by atoms with Crippen LogP contribution in [0.4, 0.5) is 0 Å². The van der Waals surface area contributed by atoms with Crippen LogP contribution in [0, 0.1) is 0 Å². The molecule has 14 heavy (non-hydrogen) atoms. The Morgan fingerprint density at radius 3 is 2.79 bits per heavy atom. The van der Waals surface area contributed by atoms with Crippen molar-refractivity contribution in [2.24, 2.45) is 0 Å². The number of rotatable bonds is 4. The van der Waals surface area contributed by atoms with Crippen molar-refractivity contribution < 1.29 is 4.79 Å². The molecule has 0 aromatic heterocycles. The zero-order chi connectivity index (χ0) is 10.6. The molecule has 1 atom stereocenters. The largest absolute Gasteiger partial charge is 0.303 e. The topological polar surface area (TPSA) is 17.1 Å². The van der Waals surface area contributed by atoms with Crippen LogP contribution in [0.2, 0.25) is 0 Å². The smallest absolute Gasteiger partial charge is 0.120 e. The van der Waals surface area contributed by atoms with E-state index in [4.69, 9.17) is 0 Å². The van der Waals surface area contributed by atoms with Crippen LogP contribution in [-0.2, 0) is 11.2 Å². The number of aldehydes is 1. The second kappa shape index (κ2) is 5.30. The molecule has 0 bridgehead atoms. The first-order valence-corrected chi connectivity index (χ1v) is 5.70. The first kappa shape index (κ1) is 11.4. The summed E-state index contributed by atoms with van der Waals surface area (Å²) in [6.07, 6.45) is 2.61. The molecule has 0 heterocycles. The van der Waals surface area contributed by atoms with Crippen molar-refractivity contribution in [3.8, 4) is 0 Å². The van der Waals surface area contributed by atoms with Gasteiger partial charge in [0.1, 0.15) is 6.29 Å². The van der Waals surface area contributed by atoms with Crippen molar-refractivity contribution in [1.29, 1.82) is 0 Å². The highest BCUT2D eigenvalue weighted by Gasteiger charge is 2.09. The van der Waals surface area contributed by atoms with Gasteiger partial charge in [-0.15, -0.1) is 0 Å². The molecule has 0 saturated carbocycles. The maximum absolute atomic E-state index is 10.4. The average molecular weight is 255 g/mol. The van der Waals surface area contributed by atoms with E-state index in [2.05, 4.69) is 41.9 Å². The third-order valence-corrected chi connectivity index (χ3v) is 2.96. The second-order valence-electron chi connectivity index (χ2n) is 3.50. The Balaban J connectivity index is 3.00. The molecule has 1 unspecified atom stereocenters. The molecule has 1 nitrogen and oxygen atoms in total. The highest BCUT2D eigenvalue weighted by molar-refractivity contribution is 9.10. The summed E-state index contributed by atoms with van der Waals surface area (Å²) in [5, 5.41) is 0. The molecule has 76 valence electrons. The third-order valence-electron chi connectivity index (χ3n) is 2.47. The van der Waals surface area contributed by atoms with Gasteiger partial charge in [0.25, 0.3) is 0 Å². The summed E-state index contributed by atoms with van der Waals surface area (Å²) in [4.78, 5) is 10.4. The number of benzene rings is 1. The van der Waals surface area contributed by atoms with Crippen LogP contribution in [-0.4, -0.2) is 6.29 Å². The van der Waals surface area contributed by atoms with Crippen LogP contribution >= 0.6 is 15.9 Å². The fraction of sp³-hybridized carbons (Fsp3) is 0.417. The van der Waals surface area contributed by atoms with E-state index in [-0.39, 0.29) is 0 Å². The monoisotopic (exact) mass is 254 g/mol. The van der Waals surface area contributed by atoms with E-state index in [0.717, 1.165) is 17.2 Å². The maximum Gasteiger partial charge on any atom is 0.120 e. The zero-order valence-electron chi connectivity index (χ0n) is 8.59. The SMILES string of the molecule is CCc1cc(Br)ccc1C(C)CC=O. The van der Waals surface area contributed by atoms with E-state index < -0.39 is 0 Å².